The third-order valence-corrected chi connectivity index (χ3v) is 3.24. The highest BCUT2D eigenvalue weighted by molar-refractivity contribution is 6.32. The quantitative estimate of drug-likeness (QED) is 0.927. The zero-order chi connectivity index (χ0) is 13.3. The SMILES string of the molecule is Cc1ccccc1Cn1nc(C)c(C(=O)O)c1Cl. The van der Waals surface area contributed by atoms with Crippen molar-refractivity contribution in [1.29, 1.82) is 0 Å². The Balaban J connectivity index is 2.39. The first-order chi connectivity index (χ1) is 8.50. The lowest BCUT2D eigenvalue weighted by Crippen LogP contribution is -2.04. The Morgan fingerprint density at radius 1 is 1.39 bits per heavy atom. The fourth-order valence-electron chi connectivity index (χ4n) is 1.85. The van der Waals surface area contributed by atoms with Gasteiger partial charge in [-0.2, -0.15) is 5.10 Å². The number of carboxylic acid groups (broad SMARTS) is 1. The fraction of sp³-hybridized carbons (Fsp3) is 0.231. The number of hydrogen-bond donors (Lipinski definition) is 1. The predicted octanol–water partition coefficient (Wildman–Crippen LogP) is 2.90. The number of rotatable bonds is 3. The molecule has 2 aromatic rings. The maximum Gasteiger partial charge on any atom is 0.340 e. The van der Waals surface area contributed by atoms with Crippen LogP contribution in [-0.2, 0) is 6.54 Å². The first kappa shape index (κ1) is 12.6. The maximum atomic E-state index is 11.0. The average Bonchev–Trinajstić information content (AvgIpc) is 2.57. The van der Waals surface area contributed by atoms with Crippen LogP contribution in [0.2, 0.25) is 5.15 Å². The number of aryl methyl sites for hydroxylation is 2. The first-order valence-corrected chi connectivity index (χ1v) is 5.89. The van der Waals surface area contributed by atoms with Gasteiger partial charge in [0.15, 0.2) is 0 Å². The van der Waals surface area contributed by atoms with E-state index in [1.165, 1.54) is 4.68 Å². The Hall–Kier alpha value is -1.81. The van der Waals surface area contributed by atoms with E-state index in [2.05, 4.69) is 5.10 Å². The normalized spacial score (nSPS) is 10.6. The van der Waals surface area contributed by atoms with Gasteiger partial charge in [0, 0.05) is 0 Å². The second kappa shape index (κ2) is 4.82. The molecule has 0 atom stereocenters. The Morgan fingerprint density at radius 3 is 2.61 bits per heavy atom. The number of nitrogens with zero attached hydrogens (tertiary/aromatic N) is 2. The minimum atomic E-state index is -1.05. The van der Waals surface area contributed by atoms with Crippen LogP contribution in [0.5, 0.6) is 0 Å². The summed E-state index contributed by atoms with van der Waals surface area (Å²) in [6.45, 7) is 4.11. The molecule has 1 heterocycles. The van der Waals surface area contributed by atoms with Crippen molar-refractivity contribution in [2.45, 2.75) is 20.4 Å². The van der Waals surface area contributed by atoms with Gasteiger partial charge in [0.25, 0.3) is 0 Å². The highest BCUT2D eigenvalue weighted by Crippen LogP contribution is 2.21. The molecule has 1 aromatic carbocycles. The van der Waals surface area contributed by atoms with E-state index in [0.717, 1.165) is 11.1 Å². The molecule has 0 amide bonds. The predicted molar refractivity (Wildman–Crippen MR) is 69.2 cm³/mol. The van der Waals surface area contributed by atoms with Crippen molar-refractivity contribution in [3.63, 3.8) is 0 Å². The zero-order valence-corrected chi connectivity index (χ0v) is 10.9. The van der Waals surface area contributed by atoms with Crippen LogP contribution in [0.25, 0.3) is 0 Å². The van der Waals surface area contributed by atoms with Gasteiger partial charge in [0.1, 0.15) is 10.7 Å². The van der Waals surface area contributed by atoms with E-state index in [1.807, 2.05) is 31.2 Å². The number of hydrogen-bond acceptors (Lipinski definition) is 2. The monoisotopic (exact) mass is 264 g/mol. The molecule has 0 spiro atoms. The summed E-state index contributed by atoms with van der Waals surface area (Å²) in [5.74, 6) is -1.05. The molecule has 94 valence electrons. The summed E-state index contributed by atoms with van der Waals surface area (Å²) in [5, 5.41) is 13.4. The largest absolute Gasteiger partial charge is 0.478 e. The van der Waals surface area contributed by atoms with E-state index in [1.54, 1.807) is 6.92 Å². The smallest absolute Gasteiger partial charge is 0.340 e. The summed E-state index contributed by atoms with van der Waals surface area (Å²) in [6, 6.07) is 7.86. The van der Waals surface area contributed by atoms with Crippen LogP contribution in [0.1, 0.15) is 27.2 Å². The Kier molecular flexibility index (Phi) is 3.39. The van der Waals surface area contributed by atoms with Crippen LogP contribution in [-0.4, -0.2) is 20.9 Å². The third-order valence-electron chi connectivity index (χ3n) is 2.86. The van der Waals surface area contributed by atoms with E-state index in [4.69, 9.17) is 16.7 Å². The lowest BCUT2D eigenvalue weighted by Gasteiger charge is -2.06. The number of benzene rings is 1. The molecular formula is C13H13ClN2O2. The molecule has 0 aliphatic carbocycles. The highest BCUT2D eigenvalue weighted by Gasteiger charge is 2.19. The summed E-state index contributed by atoms with van der Waals surface area (Å²) in [6.07, 6.45) is 0. The molecular weight excluding hydrogens is 252 g/mol. The van der Waals surface area contributed by atoms with Crippen LogP contribution in [0, 0.1) is 13.8 Å². The molecule has 5 heteroatoms. The van der Waals surface area contributed by atoms with E-state index in [9.17, 15) is 4.79 Å². The van der Waals surface area contributed by atoms with E-state index >= 15 is 0 Å². The van der Waals surface area contributed by atoms with Gasteiger partial charge >= 0.3 is 5.97 Å². The van der Waals surface area contributed by atoms with Crippen LogP contribution in [0.3, 0.4) is 0 Å². The highest BCUT2D eigenvalue weighted by atomic mass is 35.5. The van der Waals surface area contributed by atoms with Crippen molar-refractivity contribution in [2.24, 2.45) is 0 Å². The van der Waals surface area contributed by atoms with Crippen molar-refractivity contribution in [3.05, 3.63) is 51.8 Å². The second-order valence-electron chi connectivity index (χ2n) is 4.14. The summed E-state index contributed by atoms with van der Waals surface area (Å²) < 4.78 is 1.52. The number of halogens is 1. The van der Waals surface area contributed by atoms with E-state index in [0.29, 0.717) is 12.2 Å². The molecule has 0 radical (unpaired) electrons. The molecule has 0 saturated carbocycles. The average molecular weight is 265 g/mol. The molecule has 0 saturated heterocycles. The molecule has 0 aliphatic heterocycles. The zero-order valence-electron chi connectivity index (χ0n) is 10.1. The molecule has 1 N–H and O–H groups in total. The van der Waals surface area contributed by atoms with Crippen LogP contribution in [0.15, 0.2) is 24.3 Å². The summed E-state index contributed by atoms with van der Waals surface area (Å²) in [7, 11) is 0. The standard InChI is InChI=1S/C13H13ClN2O2/c1-8-5-3-4-6-10(8)7-16-12(14)11(13(17)18)9(2)15-16/h3-6H,7H2,1-2H3,(H,17,18). The van der Waals surface area contributed by atoms with Crippen molar-refractivity contribution in [1.82, 2.24) is 9.78 Å². The Bertz CT molecular complexity index is 605. The van der Waals surface area contributed by atoms with Crippen molar-refractivity contribution in [3.8, 4) is 0 Å². The molecule has 0 unspecified atom stereocenters. The molecule has 0 bridgehead atoms. The van der Waals surface area contributed by atoms with E-state index in [-0.39, 0.29) is 10.7 Å². The number of aromatic nitrogens is 2. The Morgan fingerprint density at radius 2 is 2.06 bits per heavy atom. The molecule has 18 heavy (non-hydrogen) atoms. The first-order valence-electron chi connectivity index (χ1n) is 5.51. The molecule has 0 aliphatic rings. The fourth-order valence-corrected chi connectivity index (χ4v) is 2.17. The van der Waals surface area contributed by atoms with Crippen molar-refractivity contribution >= 4 is 17.6 Å². The summed E-state index contributed by atoms with van der Waals surface area (Å²) >= 11 is 6.05. The van der Waals surface area contributed by atoms with Gasteiger partial charge in [0.05, 0.1) is 12.2 Å². The van der Waals surface area contributed by atoms with Gasteiger partial charge in [-0.25, -0.2) is 9.48 Å². The molecule has 1 aromatic heterocycles. The van der Waals surface area contributed by atoms with Crippen LogP contribution >= 0.6 is 11.6 Å². The second-order valence-corrected chi connectivity index (χ2v) is 4.50. The van der Waals surface area contributed by atoms with E-state index < -0.39 is 5.97 Å². The minimum absolute atomic E-state index is 0.0743. The number of carboxylic acids is 1. The van der Waals surface area contributed by atoms with Crippen molar-refractivity contribution in [2.75, 3.05) is 0 Å². The third kappa shape index (κ3) is 2.24. The van der Waals surface area contributed by atoms with Crippen LogP contribution < -0.4 is 0 Å². The summed E-state index contributed by atoms with van der Waals surface area (Å²) in [5.41, 5.74) is 2.70. The lowest BCUT2D eigenvalue weighted by atomic mass is 10.1. The number of aromatic carboxylic acids is 1. The van der Waals surface area contributed by atoms with Gasteiger partial charge in [-0.15, -0.1) is 0 Å². The summed E-state index contributed by atoms with van der Waals surface area (Å²) in [4.78, 5) is 11.0. The number of carbonyl (C=O) groups is 1. The molecule has 4 nitrogen and oxygen atoms in total. The maximum absolute atomic E-state index is 11.0. The van der Waals surface area contributed by atoms with Crippen molar-refractivity contribution < 1.29 is 9.90 Å². The van der Waals surface area contributed by atoms with Gasteiger partial charge in [-0.1, -0.05) is 35.9 Å². The van der Waals surface area contributed by atoms with Gasteiger partial charge < -0.3 is 5.11 Å². The molecule has 2 rings (SSSR count). The lowest BCUT2D eigenvalue weighted by molar-refractivity contribution is 0.0696. The molecule has 0 fully saturated rings. The Labute approximate surface area is 110 Å². The minimum Gasteiger partial charge on any atom is -0.478 e. The van der Waals surface area contributed by atoms with Gasteiger partial charge in [-0.05, 0) is 25.0 Å². The van der Waals surface area contributed by atoms with Gasteiger partial charge in [0.2, 0.25) is 0 Å². The van der Waals surface area contributed by atoms with Gasteiger partial charge in [-0.3, -0.25) is 0 Å². The topological polar surface area (TPSA) is 55.1 Å². The van der Waals surface area contributed by atoms with Crippen LogP contribution in [0.4, 0.5) is 0 Å².